The molecule has 0 fully saturated rings. The fourth-order valence-corrected chi connectivity index (χ4v) is 4.60. The summed E-state index contributed by atoms with van der Waals surface area (Å²) in [4.78, 5) is 0.211. The summed E-state index contributed by atoms with van der Waals surface area (Å²) in [6.07, 6.45) is 8.30. The zero-order valence-electron chi connectivity index (χ0n) is 13.3. The van der Waals surface area contributed by atoms with Crippen molar-refractivity contribution in [3.8, 4) is 0 Å². The second-order valence-electron chi connectivity index (χ2n) is 5.67. The Morgan fingerprint density at radius 1 is 1.33 bits per heavy atom. The van der Waals surface area contributed by atoms with E-state index in [-0.39, 0.29) is 4.91 Å². The van der Waals surface area contributed by atoms with E-state index >= 15 is 0 Å². The zero-order chi connectivity index (χ0) is 17.2. The van der Waals surface area contributed by atoms with Gasteiger partial charge < -0.3 is 10.6 Å². The summed E-state index contributed by atoms with van der Waals surface area (Å²) in [6, 6.07) is 6.26. The van der Waals surface area contributed by atoms with E-state index in [9.17, 15) is 12.8 Å². The molecule has 0 saturated heterocycles. The van der Waals surface area contributed by atoms with Gasteiger partial charge in [0.05, 0.1) is 4.91 Å². The van der Waals surface area contributed by atoms with Crippen molar-refractivity contribution in [2.24, 2.45) is 0 Å². The van der Waals surface area contributed by atoms with Crippen molar-refractivity contribution in [1.29, 1.82) is 0 Å². The highest BCUT2D eigenvalue weighted by Gasteiger charge is 2.35. The van der Waals surface area contributed by atoms with Gasteiger partial charge in [-0.05, 0) is 30.3 Å². The molecule has 2 aliphatic rings. The summed E-state index contributed by atoms with van der Waals surface area (Å²) in [5.41, 5.74) is 1.62. The van der Waals surface area contributed by atoms with Gasteiger partial charge in [-0.2, -0.15) is 0 Å². The summed E-state index contributed by atoms with van der Waals surface area (Å²) in [5.74, 6) is -0.422. The van der Waals surface area contributed by atoms with Crippen molar-refractivity contribution in [2.75, 3.05) is 20.1 Å². The van der Waals surface area contributed by atoms with Gasteiger partial charge in [0.1, 0.15) is 11.1 Å². The molecule has 1 aromatic rings. The summed E-state index contributed by atoms with van der Waals surface area (Å²) in [5, 5.41) is 5.02. The maximum Gasteiger partial charge on any atom is 0.190 e. The first-order valence-electron chi connectivity index (χ1n) is 7.70. The highest BCUT2D eigenvalue weighted by atomic mass is 32.2. The Labute approximate surface area is 141 Å². The van der Waals surface area contributed by atoms with Crippen molar-refractivity contribution in [1.82, 2.24) is 10.6 Å². The fourth-order valence-electron chi connectivity index (χ4n) is 2.89. The molecule has 1 aliphatic carbocycles. The average Bonchev–Trinajstić information content (AvgIpc) is 3.01. The topological polar surface area (TPSA) is 58.2 Å². The monoisotopic (exact) mass is 346 g/mol. The molecule has 0 amide bonds. The van der Waals surface area contributed by atoms with Crippen LogP contribution >= 0.6 is 0 Å². The molecule has 1 unspecified atom stereocenters. The molecule has 4 nitrogen and oxygen atoms in total. The number of likely N-dealkylation sites (N-methyl/N-ethyl adjacent to an activating group) is 1. The number of hydrogen-bond acceptors (Lipinski definition) is 4. The first kappa shape index (κ1) is 16.7. The molecule has 126 valence electrons. The summed E-state index contributed by atoms with van der Waals surface area (Å²) in [6.45, 7) is 1.12. The number of nitrogens with one attached hydrogen (secondary N) is 2. The highest BCUT2D eigenvalue weighted by molar-refractivity contribution is 7.96. The number of benzene rings is 1. The van der Waals surface area contributed by atoms with Crippen LogP contribution in [0, 0.1) is 5.82 Å². The molecule has 2 N–H and O–H groups in total. The minimum Gasteiger partial charge on any atom is -0.386 e. The number of dihydropyridines is 1. The molecule has 0 aromatic heterocycles. The Balaban J connectivity index is 2.07. The van der Waals surface area contributed by atoms with Crippen LogP contribution in [0.4, 0.5) is 4.39 Å². The number of halogens is 1. The van der Waals surface area contributed by atoms with Crippen molar-refractivity contribution < 1.29 is 12.8 Å². The van der Waals surface area contributed by atoms with E-state index in [1.165, 1.54) is 12.3 Å². The number of sulfone groups is 1. The highest BCUT2D eigenvalue weighted by Crippen LogP contribution is 2.36. The Kier molecular flexibility index (Phi) is 4.69. The molecule has 1 aromatic carbocycles. The average molecular weight is 346 g/mol. The minimum absolute atomic E-state index is 0.211. The Morgan fingerprint density at radius 2 is 2.12 bits per heavy atom. The van der Waals surface area contributed by atoms with Crippen LogP contribution in [0.5, 0.6) is 0 Å². The molecule has 1 heterocycles. The fraction of sp³-hybridized carbons (Fsp3) is 0.222. The third kappa shape index (κ3) is 3.07. The normalized spacial score (nSPS) is 20.2. The van der Waals surface area contributed by atoms with Gasteiger partial charge in [0.15, 0.2) is 9.84 Å². The van der Waals surface area contributed by atoms with Crippen molar-refractivity contribution in [2.45, 2.75) is 5.25 Å². The van der Waals surface area contributed by atoms with Gasteiger partial charge in [-0.25, -0.2) is 12.8 Å². The largest absolute Gasteiger partial charge is 0.386 e. The minimum atomic E-state index is -3.65. The number of rotatable bonds is 5. The number of allylic oxidation sites excluding steroid dienone is 1. The molecule has 3 rings (SSSR count). The van der Waals surface area contributed by atoms with E-state index in [0.717, 1.165) is 5.57 Å². The number of hydrogen-bond donors (Lipinski definition) is 2. The quantitative estimate of drug-likeness (QED) is 0.858. The molecule has 1 atom stereocenters. The second-order valence-corrected chi connectivity index (χ2v) is 7.74. The first-order chi connectivity index (χ1) is 11.5. The van der Waals surface area contributed by atoms with Crippen LogP contribution in [0.3, 0.4) is 0 Å². The molecule has 24 heavy (non-hydrogen) atoms. The SMILES string of the molecule is CNCC1=CC(S(=O)(=O)C2=CNCC=C2)C(c2ccccc2F)=C1. The molecule has 0 bridgehead atoms. The van der Waals surface area contributed by atoms with Gasteiger partial charge >= 0.3 is 0 Å². The van der Waals surface area contributed by atoms with Crippen molar-refractivity contribution >= 4 is 15.4 Å². The van der Waals surface area contributed by atoms with Crippen molar-refractivity contribution in [3.63, 3.8) is 0 Å². The van der Waals surface area contributed by atoms with Crippen LogP contribution in [-0.4, -0.2) is 33.8 Å². The summed E-state index contributed by atoms with van der Waals surface area (Å²) in [7, 11) is -1.87. The third-order valence-electron chi connectivity index (χ3n) is 4.00. The lowest BCUT2D eigenvalue weighted by Gasteiger charge is -2.18. The maximum atomic E-state index is 14.2. The lowest BCUT2D eigenvalue weighted by Crippen LogP contribution is -2.24. The van der Waals surface area contributed by atoms with E-state index in [2.05, 4.69) is 10.6 Å². The van der Waals surface area contributed by atoms with Crippen LogP contribution in [-0.2, 0) is 9.84 Å². The van der Waals surface area contributed by atoms with E-state index < -0.39 is 20.9 Å². The van der Waals surface area contributed by atoms with Gasteiger partial charge in [0.2, 0.25) is 0 Å². The van der Waals surface area contributed by atoms with E-state index in [1.807, 2.05) is 0 Å². The van der Waals surface area contributed by atoms with Crippen LogP contribution in [0.15, 0.2) is 65.2 Å². The molecule has 6 heteroatoms. The zero-order valence-corrected chi connectivity index (χ0v) is 14.1. The van der Waals surface area contributed by atoms with Crippen LogP contribution < -0.4 is 10.6 Å². The molecule has 0 spiro atoms. The maximum absolute atomic E-state index is 14.2. The van der Waals surface area contributed by atoms with E-state index in [4.69, 9.17) is 0 Å². The van der Waals surface area contributed by atoms with Gasteiger partial charge in [0, 0.05) is 24.9 Å². The molecule has 0 saturated carbocycles. The van der Waals surface area contributed by atoms with Gasteiger partial charge in [0.25, 0.3) is 0 Å². The molecular formula is C18H19FN2O2S. The molecule has 1 aliphatic heterocycles. The lowest BCUT2D eigenvalue weighted by atomic mass is 10.0. The van der Waals surface area contributed by atoms with Crippen LogP contribution in [0.25, 0.3) is 5.57 Å². The Bertz CT molecular complexity index is 867. The molecule has 0 radical (unpaired) electrons. The van der Waals surface area contributed by atoms with Gasteiger partial charge in [-0.15, -0.1) is 0 Å². The van der Waals surface area contributed by atoms with Gasteiger partial charge in [-0.3, -0.25) is 0 Å². The second kappa shape index (κ2) is 6.75. The van der Waals surface area contributed by atoms with Crippen molar-refractivity contribution in [3.05, 3.63) is 76.6 Å². The predicted octanol–water partition coefficient (Wildman–Crippen LogP) is 2.15. The van der Waals surface area contributed by atoms with Crippen LogP contribution in [0.2, 0.25) is 0 Å². The van der Waals surface area contributed by atoms with E-state index in [1.54, 1.807) is 49.6 Å². The van der Waals surface area contributed by atoms with Crippen LogP contribution in [0.1, 0.15) is 5.56 Å². The smallest absolute Gasteiger partial charge is 0.190 e. The molecular weight excluding hydrogens is 327 g/mol. The Morgan fingerprint density at radius 3 is 2.79 bits per heavy atom. The predicted molar refractivity (Wildman–Crippen MR) is 94.3 cm³/mol. The first-order valence-corrected chi connectivity index (χ1v) is 9.24. The standard InChI is InChI=1S/C18H19FN2O2S/c1-20-11-13-9-16(15-6-2-3-7-17(15)19)18(10-13)24(22,23)14-5-4-8-21-12-14/h2-7,9-10,12,18,20-21H,8,11H2,1H3. The van der Waals surface area contributed by atoms with Gasteiger partial charge in [-0.1, -0.05) is 36.4 Å². The Hall–Kier alpha value is -2.18. The summed E-state index contributed by atoms with van der Waals surface area (Å²) >= 11 is 0. The lowest BCUT2D eigenvalue weighted by molar-refractivity contribution is 0.600. The summed E-state index contributed by atoms with van der Waals surface area (Å²) < 4.78 is 40.3. The van der Waals surface area contributed by atoms with E-state index in [0.29, 0.717) is 24.2 Å². The third-order valence-corrected chi connectivity index (χ3v) is 5.97.